The predicted octanol–water partition coefficient (Wildman–Crippen LogP) is 3.54. The molecule has 2 N–H and O–H groups in total. The van der Waals surface area contributed by atoms with Crippen molar-refractivity contribution in [1.82, 2.24) is 4.57 Å². The normalized spacial score (nSPS) is 15.6. The maximum absolute atomic E-state index is 14.8. The van der Waals surface area contributed by atoms with Crippen molar-refractivity contribution in [2.45, 2.75) is 32.1 Å². The lowest BCUT2D eigenvalue weighted by molar-refractivity contribution is -0.139. The van der Waals surface area contributed by atoms with Crippen molar-refractivity contribution in [2.24, 2.45) is 0 Å². The van der Waals surface area contributed by atoms with Gasteiger partial charge >= 0.3 is 11.9 Å². The first-order valence-electron chi connectivity index (χ1n) is 11.5. The van der Waals surface area contributed by atoms with E-state index in [2.05, 4.69) is 0 Å². The fourth-order valence-electron chi connectivity index (χ4n) is 3.98. The minimum absolute atomic E-state index is 0.0136. The monoisotopic (exact) mass is 526 g/mol. The highest BCUT2D eigenvalue weighted by Crippen LogP contribution is 2.40. The molecule has 1 atom stereocenters. The molecule has 1 aliphatic heterocycles. The Morgan fingerprint density at radius 1 is 1.08 bits per heavy atom. The molecule has 0 unspecified atom stereocenters. The number of thioether (sulfide) groups is 1. The van der Waals surface area contributed by atoms with E-state index >= 15 is 0 Å². The summed E-state index contributed by atoms with van der Waals surface area (Å²) in [5, 5.41) is -1.21. The third-order valence-corrected chi connectivity index (χ3v) is 6.82. The van der Waals surface area contributed by atoms with Crippen LogP contribution in [0.4, 0.5) is 14.5 Å². The van der Waals surface area contributed by atoms with Gasteiger partial charge in [0.1, 0.15) is 21.8 Å². The Labute approximate surface area is 215 Å². The van der Waals surface area contributed by atoms with E-state index in [0.717, 1.165) is 16.3 Å². The third kappa shape index (κ3) is 4.89. The van der Waals surface area contributed by atoms with Crippen LogP contribution in [0.5, 0.6) is 0 Å². The van der Waals surface area contributed by atoms with Gasteiger partial charge in [0.2, 0.25) is 5.91 Å². The molecule has 0 bridgehead atoms. The number of esters is 2. The fraction of sp³-hybridized carbons (Fsp3) is 0.222. The molecule has 4 rings (SSSR count). The van der Waals surface area contributed by atoms with Gasteiger partial charge in [-0.05, 0) is 39.0 Å². The van der Waals surface area contributed by atoms with Crippen molar-refractivity contribution in [3.8, 4) is 0 Å². The van der Waals surface area contributed by atoms with E-state index in [9.17, 15) is 23.2 Å². The Hall–Kier alpha value is -3.92. The van der Waals surface area contributed by atoms with Crippen LogP contribution in [0.25, 0.3) is 11.0 Å². The second-order valence-corrected chi connectivity index (χ2v) is 9.50. The molecule has 7 nitrogen and oxygen atoms in total. The number of aromatic nitrogens is 1. The molecule has 0 radical (unpaired) electrons. The number of rotatable bonds is 6. The number of fused-ring (bicyclic) bond motifs is 1. The molecule has 192 valence electrons. The standard InChI is InChI=1S/C27H24F2N2O5S/c1-4-35-26(33)22-20(30)17(13-15-9-5-7-11-18(15)28)21-24(27(34)36-14(2)3)37-23(25(32)31(21)22)16-10-6-8-12-19(16)29/h5-14,23H,4,30H2,1-3H3/b17-13+/t23-/m1/s1. The quantitative estimate of drug-likeness (QED) is 0.491. The number of nitrogens with two attached hydrogens (primary N) is 1. The minimum atomic E-state index is -1.23. The summed E-state index contributed by atoms with van der Waals surface area (Å²) in [5.41, 5.74) is 5.99. The largest absolute Gasteiger partial charge is 0.461 e. The Kier molecular flexibility index (Phi) is 7.49. The van der Waals surface area contributed by atoms with Crippen molar-refractivity contribution < 1.29 is 32.6 Å². The molecule has 0 amide bonds. The number of hydrogen-bond acceptors (Lipinski definition) is 7. The van der Waals surface area contributed by atoms with Crippen LogP contribution in [0.3, 0.4) is 0 Å². The lowest BCUT2D eigenvalue weighted by Crippen LogP contribution is -2.43. The van der Waals surface area contributed by atoms with E-state index in [4.69, 9.17) is 15.2 Å². The topological polar surface area (TPSA) is 101 Å². The van der Waals surface area contributed by atoms with Gasteiger partial charge in [-0.1, -0.05) is 48.2 Å². The first-order chi connectivity index (χ1) is 17.6. The number of halogens is 2. The van der Waals surface area contributed by atoms with Crippen molar-refractivity contribution >= 4 is 46.3 Å². The molecule has 0 saturated carbocycles. The van der Waals surface area contributed by atoms with Crippen LogP contribution in [0.1, 0.15) is 52.4 Å². The maximum atomic E-state index is 14.8. The first kappa shape index (κ1) is 26.2. The van der Waals surface area contributed by atoms with E-state index < -0.39 is 40.8 Å². The van der Waals surface area contributed by atoms with Gasteiger partial charge in [0, 0.05) is 16.3 Å². The predicted molar refractivity (Wildman–Crippen MR) is 136 cm³/mol. The summed E-state index contributed by atoms with van der Waals surface area (Å²) in [7, 11) is 0. The van der Waals surface area contributed by atoms with Crippen LogP contribution in [0.2, 0.25) is 0 Å². The second kappa shape index (κ2) is 10.6. The lowest BCUT2D eigenvalue weighted by atomic mass is 10.1. The van der Waals surface area contributed by atoms with Crippen LogP contribution in [-0.2, 0) is 14.3 Å². The molecule has 0 spiro atoms. The van der Waals surface area contributed by atoms with E-state index in [1.165, 1.54) is 42.5 Å². The van der Waals surface area contributed by atoms with Crippen LogP contribution in [0.15, 0.2) is 48.5 Å². The average Bonchev–Trinajstić information content (AvgIpc) is 3.13. The summed E-state index contributed by atoms with van der Waals surface area (Å²) in [5.74, 6) is -3.67. The van der Waals surface area contributed by atoms with E-state index in [1.54, 1.807) is 32.9 Å². The molecular formula is C27H24F2N2O5S. The van der Waals surface area contributed by atoms with Crippen LogP contribution in [-0.4, -0.2) is 35.1 Å². The van der Waals surface area contributed by atoms with Gasteiger partial charge in [0.15, 0.2) is 5.69 Å². The molecule has 2 heterocycles. The van der Waals surface area contributed by atoms with Crippen molar-refractivity contribution in [1.29, 1.82) is 0 Å². The zero-order valence-electron chi connectivity index (χ0n) is 20.3. The zero-order valence-corrected chi connectivity index (χ0v) is 21.1. The Morgan fingerprint density at radius 2 is 1.73 bits per heavy atom. The Balaban J connectivity index is 2.14. The molecule has 0 saturated heterocycles. The summed E-state index contributed by atoms with van der Waals surface area (Å²) >= 11 is 0.786. The molecule has 37 heavy (non-hydrogen) atoms. The van der Waals surface area contributed by atoms with E-state index in [1.807, 2.05) is 0 Å². The van der Waals surface area contributed by atoms with Crippen molar-refractivity contribution in [3.63, 3.8) is 0 Å². The summed E-state index contributed by atoms with van der Waals surface area (Å²) in [6.07, 6.45) is 0.827. The molecule has 1 aromatic heterocycles. The third-order valence-electron chi connectivity index (χ3n) is 5.53. The summed E-state index contributed by atoms with van der Waals surface area (Å²) in [6.45, 7) is 4.86. The van der Waals surface area contributed by atoms with Gasteiger partial charge in [-0.3, -0.25) is 9.36 Å². The SMILES string of the molecule is CCOC(=O)c1c(N)/c(=C\c2ccccc2F)c2n1C(=O)[C@@H](c1ccccc1F)SC=2C(=O)OC(C)C. The van der Waals surface area contributed by atoms with E-state index in [0.29, 0.717) is 0 Å². The van der Waals surface area contributed by atoms with Crippen LogP contribution < -0.4 is 16.3 Å². The van der Waals surface area contributed by atoms with Gasteiger partial charge in [-0.15, -0.1) is 0 Å². The summed E-state index contributed by atoms with van der Waals surface area (Å²) < 4.78 is 40.9. The van der Waals surface area contributed by atoms with Gasteiger partial charge in [-0.2, -0.15) is 0 Å². The Bertz CT molecular complexity index is 1530. The van der Waals surface area contributed by atoms with Crippen molar-refractivity contribution in [2.75, 3.05) is 12.3 Å². The Morgan fingerprint density at radius 3 is 2.35 bits per heavy atom. The number of benzene rings is 2. The van der Waals surface area contributed by atoms with Gasteiger partial charge < -0.3 is 15.2 Å². The van der Waals surface area contributed by atoms with Gasteiger partial charge in [0.05, 0.1) is 23.7 Å². The smallest absolute Gasteiger partial charge is 0.357 e. The van der Waals surface area contributed by atoms with E-state index in [-0.39, 0.29) is 44.6 Å². The molecule has 2 aromatic carbocycles. The summed E-state index contributed by atoms with van der Waals surface area (Å²) in [4.78, 5) is 40.1. The molecule has 0 fully saturated rings. The highest BCUT2D eigenvalue weighted by atomic mass is 32.2. The zero-order chi connectivity index (χ0) is 26.9. The molecule has 0 aliphatic carbocycles. The number of carbonyl (C=O) groups is 3. The number of nitrogen functional groups attached to an aromatic ring is 1. The molecule has 3 aromatic rings. The van der Waals surface area contributed by atoms with Gasteiger partial charge in [0.25, 0.3) is 0 Å². The van der Waals surface area contributed by atoms with Crippen molar-refractivity contribution in [3.05, 3.63) is 87.6 Å². The maximum Gasteiger partial charge on any atom is 0.357 e. The second-order valence-electron chi connectivity index (χ2n) is 8.39. The highest BCUT2D eigenvalue weighted by molar-refractivity contribution is 8.10. The molecule has 10 heteroatoms. The minimum Gasteiger partial charge on any atom is -0.461 e. The number of hydrogen-bond donors (Lipinski definition) is 1. The number of carbonyl (C=O) groups excluding carboxylic acids is 3. The average molecular weight is 527 g/mol. The molecule has 1 aliphatic rings. The first-order valence-corrected chi connectivity index (χ1v) is 12.4. The van der Waals surface area contributed by atoms with Crippen LogP contribution >= 0.6 is 11.8 Å². The number of ether oxygens (including phenoxy) is 2. The molecular weight excluding hydrogens is 502 g/mol. The lowest BCUT2D eigenvalue weighted by Gasteiger charge is -2.24. The number of nitrogens with zero attached hydrogens (tertiary/aromatic N) is 1. The van der Waals surface area contributed by atoms with Crippen LogP contribution in [0, 0.1) is 11.6 Å². The number of anilines is 1. The fourth-order valence-corrected chi connectivity index (χ4v) is 5.20. The highest BCUT2D eigenvalue weighted by Gasteiger charge is 2.39. The van der Waals surface area contributed by atoms with Gasteiger partial charge in [-0.25, -0.2) is 18.4 Å². The summed E-state index contributed by atoms with van der Waals surface area (Å²) in [6, 6.07) is 11.5.